The number of fused-ring (bicyclic) bond motifs is 2. The minimum Gasteiger partial charge on any atom is -0.506 e. The number of aliphatic hydroxyl groups excluding tert-OH is 1. The zero-order chi connectivity index (χ0) is 29.0. The molecule has 0 saturated carbocycles. The molecule has 15 heteroatoms. The Morgan fingerprint density at radius 1 is 1.05 bits per heavy atom. The van der Waals surface area contributed by atoms with E-state index in [9.17, 15) is 35.8 Å². The summed E-state index contributed by atoms with van der Waals surface area (Å²) in [5.41, 5.74) is -1.60. The van der Waals surface area contributed by atoms with E-state index < -0.39 is 53.5 Å². The maximum Gasteiger partial charge on any atom is 0.229 e. The van der Waals surface area contributed by atoms with Crippen LogP contribution in [0.25, 0.3) is 5.76 Å². The van der Waals surface area contributed by atoms with E-state index in [1.807, 2.05) is 13.8 Å². The molecule has 212 valence electrons. The topological polar surface area (TPSA) is 194 Å². The van der Waals surface area contributed by atoms with E-state index in [0.717, 1.165) is 12.5 Å². The van der Waals surface area contributed by atoms with Crippen molar-refractivity contribution in [3.63, 3.8) is 0 Å². The summed E-state index contributed by atoms with van der Waals surface area (Å²) in [6, 6.07) is 10.3. The molecule has 1 aliphatic heterocycles. The highest BCUT2D eigenvalue weighted by Crippen LogP contribution is 2.57. The molecule has 0 aromatic heterocycles. The Morgan fingerprint density at radius 2 is 1.72 bits per heavy atom. The molecule has 6 N–H and O–H groups in total. The normalized spacial score (nSPS) is 21.5. The number of Topliss-reactive ketones (excluding diaryl/α,β-unsaturated/α-hetero) is 1. The molecule has 1 unspecified atom stereocenters. The third-order valence-electron chi connectivity index (χ3n) is 6.24. The summed E-state index contributed by atoms with van der Waals surface area (Å²) < 4.78 is 78.9. The Bertz CT molecular complexity index is 1630. The summed E-state index contributed by atoms with van der Waals surface area (Å²) in [6.07, 6.45) is 2.38. The number of aliphatic hydroxyl groups is 1. The second-order valence-electron chi connectivity index (χ2n) is 9.98. The molecule has 1 heterocycles. The summed E-state index contributed by atoms with van der Waals surface area (Å²) in [4.78, 5) is 14.1. The molecule has 2 aromatic rings. The van der Waals surface area contributed by atoms with Crippen molar-refractivity contribution in [1.82, 2.24) is 4.72 Å². The monoisotopic (exact) mass is 598 g/mol. The summed E-state index contributed by atoms with van der Waals surface area (Å²) in [6.45, 7) is 3.85. The molecule has 0 radical (unpaired) electrons. The van der Waals surface area contributed by atoms with Gasteiger partial charge in [0.25, 0.3) is 0 Å². The van der Waals surface area contributed by atoms with Crippen LogP contribution in [-0.2, 0) is 30.4 Å². The van der Waals surface area contributed by atoms with E-state index in [2.05, 4.69) is 19.2 Å². The summed E-state index contributed by atoms with van der Waals surface area (Å²) in [5.74, 6) is -1.59. The predicted octanol–water partition coefficient (Wildman–Crippen LogP) is 3.64. The quantitative estimate of drug-likeness (QED) is 0.263. The molecular formula is C24H30N4O8S3. The Balaban J connectivity index is 1.90. The summed E-state index contributed by atoms with van der Waals surface area (Å²) in [7, 11) is -11.6. The highest BCUT2D eigenvalue weighted by Gasteiger charge is 2.51. The SMILES string of the molecule is CC(C)CCC1(NS(C)(=O)=O)C(=O)C(C2=NS(O)(O)c3cc(NS(C)(=O)=O)ccc3N2)=C(O)c2ccccc21. The second-order valence-corrected chi connectivity index (χ2v) is 15.1. The molecule has 12 nitrogen and oxygen atoms in total. The highest BCUT2D eigenvalue weighted by atomic mass is 32.3. The number of anilines is 2. The minimum atomic E-state index is -3.99. The van der Waals surface area contributed by atoms with Gasteiger partial charge in [-0.05, 0) is 42.5 Å². The van der Waals surface area contributed by atoms with Crippen molar-refractivity contribution in [2.75, 3.05) is 22.6 Å². The fraction of sp³-hybridized carbons (Fsp3) is 0.333. The van der Waals surface area contributed by atoms with Gasteiger partial charge in [0.2, 0.25) is 20.0 Å². The molecule has 0 fully saturated rings. The molecule has 0 bridgehead atoms. The number of hydrogen-bond acceptors (Lipinski definition) is 10. The summed E-state index contributed by atoms with van der Waals surface area (Å²) >= 11 is 0. The minimum absolute atomic E-state index is 0.0605. The van der Waals surface area contributed by atoms with Crippen molar-refractivity contribution >= 4 is 59.6 Å². The Hall–Kier alpha value is -2.95. The van der Waals surface area contributed by atoms with Crippen LogP contribution in [0.5, 0.6) is 0 Å². The number of nitrogens with zero attached hydrogens (tertiary/aromatic N) is 1. The standard InChI is InChI=1S/C24H30N4O8S3/c1-14(2)11-12-24(28-38(4,33)34)17-8-6-5-7-16(17)21(29)20(22(24)30)23-25-18-10-9-15(26-37(3,31)32)13-19(18)39(35,36)27-23/h5-10,13-14,26,28-29,35-36H,11-12H2,1-4H3,(H,25,27). The number of ketones is 1. The van der Waals surface area contributed by atoms with E-state index in [1.165, 1.54) is 24.3 Å². The maximum absolute atomic E-state index is 14.2. The molecule has 4 rings (SSSR count). The number of benzene rings is 2. The average molecular weight is 599 g/mol. The smallest absolute Gasteiger partial charge is 0.229 e. The van der Waals surface area contributed by atoms with E-state index in [4.69, 9.17) is 0 Å². The van der Waals surface area contributed by atoms with Gasteiger partial charge in [0.1, 0.15) is 21.8 Å². The lowest BCUT2D eigenvalue weighted by Crippen LogP contribution is -2.55. The molecule has 39 heavy (non-hydrogen) atoms. The lowest BCUT2D eigenvalue weighted by atomic mass is 9.72. The fourth-order valence-corrected chi connectivity index (χ4v) is 7.33. The Kier molecular flexibility index (Phi) is 7.38. The fourth-order valence-electron chi connectivity index (χ4n) is 4.65. The number of amidine groups is 1. The third-order valence-corrected chi connectivity index (χ3v) is 8.93. The van der Waals surface area contributed by atoms with E-state index in [1.54, 1.807) is 18.2 Å². The van der Waals surface area contributed by atoms with Crippen LogP contribution in [0.2, 0.25) is 0 Å². The van der Waals surface area contributed by atoms with Crippen LogP contribution < -0.4 is 14.8 Å². The first-order valence-corrected chi connectivity index (χ1v) is 17.1. The van der Waals surface area contributed by atoms with Crippen LogP contribution in [0.4, 0.5) is 11.4 Å². The lowest BCUT2D eigenvalue weighted by molar-refractivity contribution is -0.121. The zero-order valence-corrected chi connectivity index (χ0v) is 24.0. The van der Waals surface area contributed by atoms with Crippen LogP contribution >= 0.6 is 10.8 Å². The summed E-state index contributed by atoms with van der Waals surface area (Å²) in [5, 5.41) is 14.1. The van der Waals surface area contributed by atoms with Gasteiger partial charge in [-0.3, -0.25) is 18.6 Å². The number of carbonyl (C=O) groups excluding carboxylic acids is 1. The number of nitrogens with one attached hydrogen (secondary N) is 3. The van der Waals surface area contributed by atoms with Crippen molar-refractivity contribution in [1.29, 1.82) is 0 Å². The van der Waals surface area contributed by atoms with Gasteiger partial charge >= 0.3 is 0 Å². The molecule has 0 amide bonds. The van der Waals surface area contributed by atoms with E-state index in [-0.39, 0.29) is 45.6 Å². The van der Waals surface area contributed by atoms with Gasteiger partial charge in [-0.1, -0.05) is 48.9 Å². The van der Waals surface area contributed by atoms with Crippen molar-refractivity contribution in [2.45, 2.75) is 37.1 Å². The van der Waals surface area contributed by atoms with Crippen molar-refractivity contribution in [3.05, 3.63) is 59.2 Å². The first-order chi connectivity index (χ1) is 17.9. The number of hydrogen-bond donors (Lipinski definition) is 6. The third kappa shape index (κ3) is 5.83. The molecular weight excluding hydrogens is 568 g/mol. The van der Waals surface area contributed by atoms with Gasteiger partial charge in [-0.25, -0.2) is 16.8 Å². The van der Waals surface area contributed by atoms with Crippen LogP contribution in [0.15, 0.2) is 57.3 Å². The van der Waals surface area contributed by atoms with Crippen LogP contribution in [0.1, 0.15) is 37.8 Å². The van der Waals surface area contributed by atoms with Crippen LogP contribution in [0, 0.1) is 5.92 Å². The van der Waals surface area contributed by atoms with Gasteiger partial charge in [0, 0.05) is 5.56 Å². The molecule has 0 spiro atoms. The first kappa shape index (κ1) is 29.0. The largest absolute Gasteiger partial charge is 0.506 e. The molecule has 2 aromatic carbocycles. The molecule has 0 saturated heterocycles. The van der Waals surface area contributed by atoms with Crippen molar-refractivity contribution in [2.24, 2.45) is 10.3 Å². The lowest BCUT2D eigenvalue weighted by Gasteiger charge is -2.40. The van der Waals surface area contributed by atoms with Gasteiger partial charge in [-0.2, -0.15) is 4.72 Å². The second kappa shape index (κ2) is 9.91. The first-order valence-electron chi connectivity index (χ1n) is 11.8. The van der Waals surface area contributed by atoms with Gasteiger partial charge in [0.15, 0.2) is 11.6 Å². The Labute approximate surface area is 228 Å². The van der Waals surface area contributed by atoms with E-state index in [0.29, 0.717) is 6.42 Å². The maximum atomic E-state index is 14.2. The van der Waals surface area contributed by atoms with Gasteiger partial charge in [-0.15, -0.1) is 4.40 Å². The number of sulfonamides is 2. The zero-order valence-electron chi connectivity index (χ0n) is 21.6. The van der Waals surface area contributed by atoms with Crippen LogP contribution in [-0.4, -0.2) is 55.2 Å². The predicted molar refractivity (Wildman–Crippen MR) is 152 cm³/mol. The number of rotatable bonds is 8. The van der Waals surface area contributed by atoms with Crippen molar-refractivity contribution in [3.8, 4) is 0 Å². The highest BCUT2D eigenvalue weighted by molar-refractivity contribution is 8.23. The number of carbonyl (C=O) groups is 1. The average Bonchev–Trinajstić information content (AvgIpc) is 2.79. The van der Waals surface area contributed by atoms with Gasteiger partial charge in [0.05, 0.1) is 23.9 Å². The van der Waals surface area contributed by atoms with Gasteiger partial charge < -0.3 is 10.4 Å². The molecule has 2 aliphatic rings. The van der Waals surface area contributed by atoms with Crippen LogP contribution in [0.3, 0.4) is 0 Å². The van der Waals surface area contributed by atoms with E-state index >= 15 is 0 Å². The molecule has 1 atom stereocenters. The Morgan fingerprint density at radius 3 is 2.33 bits per heavy atom. The van der Waals surface area contributed by atoms with Crippen molar-refractivity contribution < 1.29 is 35.8 Å². The molecule has 1 aliphatic carbocycles.